The fourth-order valence-electron chi connectivity index (χ4n) is 1.72. The van der Waals surface area contributed by atoms with Crippen LogP contribution in [0, 0.1) is 0 Å². The number of nitrogens with one attached hydrogen (secondary N) is 1. The summed E-state index contributed by atoms with van der Waals surface area (Å²) in [5, 5.41) is 3.47. The molecule has 19 heavy (non-hydrogen) atoms. The van der Waals surface area contributed by atoms with E-state index in [1.807, 2.05) is 0 Å². The van der Waals surface area contributed by atoms with Gasteiger partial charge in [-0.05, 0) is 35.5 Å². The highest BCUT2D eigenvalue weighted by atomic mass is 127. The Hall–Kier alpha value is -0.490. The maximum absolute atomic E-state index is 12.0. The molecule has 0 bridgehead atoms. The molecule has 0 heterocycles. The van der Waals surface area contributed by atoms with Crippen molar-refractivity contribution in [3.05, 3.63) is 28.8 Å². The van der Waals surface area contributed by atoms with Crippen molar-refractivity contribution in [3.63, 3.8) is 0 Å². The third kappa shape index (κ3) is 5.99. The fraction of sp³-hybridized carbons (Fsp3) is 0.500. The van der Waals surface area contributed by atoms with Crippen LogP contribution in [0.5, 0.6) is 5.75 Å². The van der Waals surface area contributed by atoms with Crippen molar-refractivity contribution in [2.45, 2.75) is 25.7 Å². The lowest BCUT2D eigenvalue weighted by Crippen LogP contribution is -2.24. The van der Waals surface area contributed by atoms with Gasteiger partial charge in [-0.2, -0.15) is 0 Å². The first kappa shape index (κ1) is 16.6. The Labute approximate surface area is 133 Å². The van der Waals surface area contributed by atoms with E-state index in [-0.39, 0.29) is 5.91 Å². The molecule has 0 radical (unpaired) electrons. The van der Waals surface area contributed by atoms with Crippen LogP contribution >= 0.6 is 34.2 Å². The van der Waals surface area contributed by atoms with E-state index in [1.165, 1.54) is 24.4 Å². The molecule has 1 N–H and O–H groups in total. The van der Waals surface area contributed by atoms with Gasteiger partial charge in [0.1, 0.15) is 5.75 Å². The lowest BCUT2D eigenvalue weighted by Gasteiger charge is -2.09. The highest BCUT2D eigenvalue weighted by Crippen LogP contribution is 2.22. The summed E-state index contributed by atoms with van der Waals surface area (Å²) in [5.74, 6) is 0.400. The number of hydrogen-bond acceptors (Lipinski definition) is 2. The van der Waals surface area contributed by atoms with Gasteiger partial charge >= 0.3 is 0 Å². The predicted octanol–water partition coefficient (Wildman–Crippen LogP) is 4.07. The monoisotopic (exact) mass is 395 g/mol. The average Bonchev–Trinajstić information content (AvgIpc) is 2.42. The summed E-state index contributed by atoms with van der Waals surface area (Å²) in [6.45, 7) is 0.700. The number of halogens is 2. The molecule has 106 valence electrons. The minimum absolute atomic E-state index is 0.109. The van der Waals surface area contributed by atoms with Crippen LogP contribution in [0.1, 0.15) is 36.0 Å². The predicted molar refractivity (Wildman–Crippen MR) is 87.7 cm³/mol. The molecule has 0 aliphatic heterocycles. The van der Waals surface area contributed by atoms with Crippen LogP contribution in [0.4, 0.5) is 0 Å². The van der Waals surface area contributed by atoms with Crippen LogP contribution in [0.15, 0.2) is 18.2 Å². The van der Waals surface area contributed by atoms with Crippen molar-refractivity contribution in [1.29, 1.82) is 0 Å². The molecule has 1 aromatic rings. The van der Waals surface area contributed by atoms with Crippen molar-refractivity contribution in [2.24, 2.45) is 0 Å². The smallest absolute Gasteiger partial charge is 0.255 e. The summed E-state index contributed by atoms with van der Waals surface area (Å²) in [5.41, 5.74) is 0.527. The molecule has 0 spiro atoms. The average molecular weight is 396 g/mol. The molecule has 0 unspecified atom stereocenters. The van der Waals surface area contributed by atoms with E-state index in [4.69, 9.17) is 16.3 Å². The van der Waals surface area contributed by atoms with E-state index < -0.39 is 0 Å². The van der Waals surface area contributed by atoms with E-state index in [0.29, 0.717) is 22.9 Å². The molecule has 0 atom stereocenters. The number of carbonyl (C=O) groups excluding carboxylic acids is 1. The Morgan fingerprint density at radius 3 is 2.74 bits per heavy atom. The summed E-state index contributed by atoms with van der Waals surface area (Å²) >= 11 is 8.25. The number of rotatable bonds is 8. The van der Waals surface area contributed by atoms with E-state index in [2.05, 4.69) is 27.9 Å². The Morgan fingerprint density at radius 2 is 2.05 bits per heavy atom. The molecule has 0 saturated carbocycles. The zero-order valence-electron chi connectivity index (χ0n) is 11.0. The van der Waals surface area contributed by atoms with E-state index >= 15 is 0 Å². The Balaban J connectivity index is 2.41. The first-order chi connectivity index (χ1) is 9.19. The quantitative estimate of drug-likeness (QED) is 0.409. The number of methoxy groups -OCH3 is 1. The molecular weight excluding hydrogens is 377 g/mol. The third-order valence-corrected chi connectivity index (χ3v) is 3.75. The standard InChI is InChI=1S/C14H19ClINO2/c1-19-13-10-11(15)6-7-12(13)14(18)17-9-5-3-2-4-8-16/h6-7,10H,2-5,8-9H2,1H3,(H,17,18). The Morgan fingerprint density at radius 1 is 1.32 bits per heavy atom. The van der Waals surface area contributed by atoms with Crippen molar-refractivity contribution in [1.82, 2.24) is 5.32 Å². The zero-order valence-corrected chi connectivity index (χ0v) is 14.0. The van der Waals surface area contributed by atoms with Crippen LogP contribution in [0.25, 0.3) is 0 Å². The summed E-state index contributed by atoms with van der Waals surface area (Å²) in [4.78, 5) is 12.0. The summed E-state index contributed by atoms with van der Waals surface area (Å²) in [6, 6.07) is 5.03. The van der Waals surface area contributed by atoms with Gasteiger partial charge in [-0.3, -0.25) is 4.79 Å². The lowest BCUT2D eigenvalue weighted by molar-refractivity contribution is 0.0950. The van der Waals surface area contributed by atoms with Crippen LogP contribution < -0.4 is 10.1 Å². The van der Waals surface area contributed by atoms with Crippen LogP contribution in [-0.2, 0) is 0 Å². The van der Waals surface area contributed by atoms with E-state index in [9.17, 15) is 4.79 Å². The van der Waals surface area contributed by atoms with Gasteiger partial charge < -0.3 is 10.1 Å². The largest absolute Gasteiger partial charge is 0.496 e. The van der Waals surface area contributed by atoms with Crippen molar-refractivity contribution < 1.29 is 9.53 Å². The second-order valence-corrected chi connectivity index (χ2v) is 5.72. The number of amides is 1. The van der Waals surface area contributed by atoms with Crippen molar-refractivity contribution in [2.75, 3.05) is 18.1 Å². The molecular formula is C14H19ClINO2. The SMILES string of the molecule is COc1cc(Cl)ccc1C(=O)NCCCCCCI. The maximum Gasteiger partial charge on any atom is 0.255 e. The normalized spacial score (nSPS) is 10.3. The first-order valence-electron chi connectivity index (χ1n) is 6.36. The Kier molecular flexibility index (Phi) is 8.21. The molecule has 0 aliphatic rings. The van der Waals surface area contributed by atoms with Gasteiger partial charge in [-0.25, -0.2) is 0 Å². The molecule has 5 heteroatoms. The van der Waals surface area contributed by atoms with Crippen molar-refractivity contribution >= 4 is 40.1 Å². The maximum atomic E-state index is 12.0. The number of hydrogen-bond donors (Lipinski definition) is 1. The van der Waals surface area contributed by atoms with Crippen LogP contribution in [-0.4, -0.2) is 24.0 Å². The second-order valence-electron chi connectivity index (χ2n) is 4.20. The van der Waals surface area contributed by atoms with Gasteiger partial charge in [0.05, 0.1) is 12.7 Å². The number of benzene rings is 1. The fourth-order valence-corrected chi connectivity index (χ4v) is 2.42. The second kappa shape index (κ2) is 9.42. The first-order valence-corrected chi connectivity index (χ1v) is 8.27. The third-order valence-electron chi connectivity index (χ3n) is 2.75. The molecule has 0 aromatic heterocycles. The minimum Gasteiger partial charge on any atom is -0.496 e. The topological polar surface area (TPSA) is 38.3 Å². The summed E-state index contributed by atoms with van der Waals surface area (Å²) in [6.07, 6.45) is 4.64. The highest BCUT2D eigenvalue weighted by Gasteiger charge is 2.11. The number of ether oxygens (including phenoxy) is 1. The summed E-state index contributed by atoms with van der Waals surface area (Å²) < 4.78 is 6.36. The van der Waals surface area contributed by atoms with E-state index in [1.54, 1.807) is 18.2 Å². The number of alkyl halides is 1. The molecule has 1 aromatic carbocycles. The molecule has 0 saturated heterocycles. The van der Waals surface area contributed by atoms with E-state index in [0.717, 1.165) is 12.8 Å². The molecule has 0 aliphatic carbocycles. The van der Waals surface area contributed by atoms with Gasteiger partial charge in [0.25, 0.3) is 5.91 Å². The van der Waals surface area contributed by atoms with Crippen LogP contribution in [0.3, 0.4) is 0 Å². The lowest BCUT2D eigenvalue weighted by atomic mass is 10.1. The number of carbonyl (C=O) groups is 1. The van der Waals surface area contributed by atoms with Gasteiger partial charge in [-0.1, -0.05) is 47.0 Å². The number of unbranched alkanes of at least 4 members (excludes halogenated alkanes) is 3. The van der Waals surface area contributed by atoms with Gasteiger partial charge in [0, 0.05) is 11.6 Å². The van der Waals surface area contributed by atoms with Crippen LogP contribution in [0.2, 0.25) is 5.02 Å². The van der Waals surface area contributed by atoms with Gasteiger partial charge in [0.15, 0.2) is 0 Å². The van der Waals surface area contributed by atoms with Crippen molar-refractivity contribution in [3.8, 4) is 5.75 Å². The zero-order chi connectivity index (χ0) is 14.1. The molecule has 1 rings (SSSR count). The molecule has 3 nitrogen and oxygen atoms in total. The minimum atomic E-state index is -0.109. The summed E-state index contributed by atoms with van der Waals surface area (Å²) in [7, 11) is 1.53. The molecule has 0 fully saturated rings. The molecule has 1 amide bonds. The van der Waals surface area contributed by atoms with Gasteiger partial charge in [-0.15, -0.1) is 0 Å². The Bertz CT molecular complexity index is 412. The van der Waals surface area contributed by atoms with Gasteiger partial charge in [0.2, 0.25) is 0 Å². The highest BCUT2D eigenvalue weighted by molar-refractivity contribution is 14.1.